The number of sulfonamides is 1. The quantitative estimate of drug-likeness (QED) is 0.786. The Labute approximate surface area is 147 Å². The van der Waals surface area contributed by atoms with Crippen LogP contribution in [0.5, 0.6) is 11.5 Å². The number of carbonyl (C=O) groups excluding carboxylic acids is 1. The minimum Gasteiger partial charge on any atom is -0.497 e. The molecule has 2 N–H and O–H groups in total. The van der Waals surface area contributed by atoms with E-state index in [1.165, 1.54) is 32.4 Å². The lowest BCUT2D eigenvalue weighted by molar-refractivity contribution is 0.102. The first kappa shape index (κ1) is 18.8. The Morgan fingerprint density at radius 1 is 1.08 bits per heavy atom. The molecule has 0 atom stereocenters. The monoisotopic (exact) mass is 364 g/mol. The van der Waals surface area contributed by atoms with Crippen molar-refractivity contribution in [1.82, 2.24) is 4.72 Å². The lowest BCUT2D eigenvalue weighted by Crippen LogP contribution is -2.24. The van der Waals surface area contributed by atoms with E-state index in [4.69, 9.17) is 9.47 Å². The molecule has 0 bridgehead atoms. The highest BCUT2D eigenvalue weighted by atomic mass is 32.2. The maximum atomic E-state index is 12.4. The predicted molar refractivity (Wildman–Crippen MR) is 94.8 cm³/mol. The molecule has 0 radical (unpaired) electrons. The Morgan fingerprint density at radius 2 is 1.84 bits per heavy atom. The zero-order valence-corrected chi connectivity index (χ0v) is 15.0. The largest absolute Gasteiger partial charge is 0.497 e. The molecular formula is C17H20N2O5S. The summed E-state index contributed by atoms with van der Waals surface area (Å²) in [4.78, 5) is 12.4. The second-order valence-electron chi connectivity index (χ2n) is 5.05. The minimum atomic E-state index is -3.77. The van der Waals surface area contributed by atoms with Gasteiger partial charge in [0, 0.05) is 23.9 Å². The van der Waals surface area contributed by atoms with Crippen LogP contribution in [0.4, 0.5) is 5.69 Å². The highest BCUT2D eigenvalue weighted by Gasteiger charge is 2.21. The second-order valence-corrected chi connectivity index (χ2v) is 6.79. The lowest BCUT2D eigenvalue weighted by atomic mass is 10.2. The molecule has 25 heavy (non-hydrogen) atoms. The molecule has 0 heterocycles. The maximum Gasteiger partial charge on any atom is 0.255 e. The molecule has 0 spiro atoms. The first-order chi connectivity index (χ1) is 11.9. The average molecular weight is 364 g/mol. The van der Waals surface area contributed by atoms with Crippen molar-refractivity contribution in [3.63, 3.8) is 0 Å². The zero-order chi connectivity index (χ0) is 18.4. The molecule has 2 aromatic rings. The van der Waals surface area contributed by atoms with Gasteiger partial charge in [0.25, 0.3) is 5.91 Å². The molecule has 134 valence electrons. The Kier molecular flexibility index (Phi) is 6.00. The summed E-state index contributed by atoms with van der Waals surface area (Å²) in [5.74, 6) is 0.325. The van der Waals surface area contributed by atoms with Gasteiger partial charge in [0.05, 0.1) is 14.2 Å². The molecule has 0 aliphatic rings. The normalized spacial score (nSPS) is 11.0. The van der Waals surface area contributed by atoms with Crippen molar-refractivity contribution in [1.29, 1.82) is 0 Å². The molecule has 7 nitrogen and oxygen atoms in total. The Morgan fingerprint density at radius 3 is 2.48 bits per heavy atom. The van der Waals surface area contributed by atoms with Crippen LogP contribution in [0.15, 0.2) is 47.4 Å². The molecule has 0 saturated carbocycles. The average Bonchev–Trinajstić information content (AvgIpc) is 2.61. The topological polar surface area (TPSA) is 93.7 Å². The number of benzene rings is 2. The highest BCUT2D eigenvalue weighted by Crippen LogP contribution is 2.25. The van der Waals surface area contributed by atoms with E-state index < -0.39 is 15.9 Å². The van der Waals surface area contributed by atoms with Crippen LogP contribution in [-0.4, -0.2) is 35.1 Å². The minimum absolute atomic E-state index is 0.0878. The number of anilines is 1. The van der Waals surface area contributed by atoms with Gasteiger partial charge in [0.1, 0.15) is 16.4 Å². The van der Waals surface area contributed by atoms with Gasteiger partial charge in [0.15, 0.2) is 0 Å². The van der Waals surface area contributed by atoms with Gasteiger partial charge < -0.3 is 14.8 Å². The summed E-state index contributed by atoms with van der Waals surface area (Å²) in [6, 6.07) is 11.1. The molecule has 0 aromatic heterocycles. The van der Waals surface area contributed by atoms with Crippen molar-refractivity contribution in [2.24, 2.45) is 0 Å². The van der Waals surface area contributed by atoms with Gasteiger partial charge in [-0.25, -0.2) is 13.1 Å². The van der Waals surface area contributed by atoms with Gasteiger partial charge in [-0.2, -0.15) is 0 Å². The van der Waals surface area contributed by atoms with E-state index in [-0.39, 0.29) is 22.8 Å². The lowest BCUT2D eigenvalue weighted by Gasteiger charge is -2.12. The Hall–Kier alpha value is -2.58. The summed E-state index contributed by atoms with van der Waals surface area (Å²) >= 11 is 0. The van der Waals surface area contributed by atoms with Crippen LogP contribution in [0.3, 0.4) is 0 Å². The first-order valence-electron chi connectivity index (χ1n) is 7.54. The fraction of sp³-hybridized carbons (Fsp3) is 0.235. The number of carbonyl (C=O) groups is 1. The van der Waals surface area contributed by atoms with Gasteiger partial charge in [0.2, 0.25) is 10.0 Å². The zero-order valence-electron chi connectivity index (χ0n) is 14.2. The fourth-order valence-electron chi connectivity index (χ4n) is 2.20. The number of hydrogen-bond acceptors (Lipinski definition) is 5. The van der Waals surface area contributed by atoms with Gasteiger partial charge in [-0.15, -0.1) is 0 Å². The number of ether oxygens (including phenoxy) is 2. The van der Waals surface area contributed by atoms with Crippen LogP contribution in [-0.2, 0) is 10.0 Å². The van der Waals surface area contributed by atoms with E-state index in [1.54, 1.807) is 31.2 Å². The molecular weight excluding hydrogens is 344 g/mol. The molecule has 2 aromatic carbocycles. The standard InChI is InChI=1S/C17H20N2O5S/c1-4-18-25(21,22)16-10-12(8-9-15(16)24-3)17(20)19-13-6-5-7-14(11-13)23-2/h5-11,18H,4H2,1-3H3,(H,19,20). The van der Waals surface area contributed by atoms with Crippen molar-refractivity contribution in [3.05, 3.63) is 48.0 Å². The van der Waals surface area contributed by atoms with E-state index >= 15 is 0 Å². The third kappa shape index (κ3) is 4.49. The van der Waals surface area contributed by atoms with Crippen molar-refractivity contribution in [2.45, 2.75) is 11.8 Å². The van der Waals surface area contributed by atoms with E-state index in [2.05, 4.69) is 10.0 Å². The van der Waals surface area contributed by atoms with Crippen molar-refractivity contribution < 1.29 is 22.7 Å². The number of amides is 1. The summed E-state index contributed by atoms with van der Waals surface area (Å²) in [6.07, 6.45) is 0. The van der Waals surface area contributed by atoms with E-state index in [1.807, 2.05) is 0 Å². The number of methoxy groups -OCH3 is 2. The molecule has 0 unspecified atom stereocenters. The fourth-order valence-corrected chi connectivity index (χ4v) is 3.43. The van der Waals surface area contributed by atoms with Crippen molar-refractivity contribution in [3.8, 4) is 11.5 Å². The summed E-state index contributed by atoms with van der Waals surface area (Å²) in [6.45, 7) is 1.90. The number of rotatable bonds is 7. The molecule has 0 aliphatic carbocycles. The van der Waals surface area contributed by atoms with Crippen LogP contribution >= 0.6 is 0 Å². The third-order valence-electron chi connectivity index (χ3n) is 3.38. The Balaban J connectivity index is 2.34. The maximum absolute atomic E-state index is 12.4. The van der Waals surface area contributed by atoms with Gasteiger partial charge in [-0.1, -0.05) is 13.0 Å². The first-order valence-corrected chi connectivity index (χ1v) is 9.02. The third-order valence-corrected chi connectivity index (χ3v) is 4.94. The van der Waals surface area contributed by atoms with Crippen LogP contribution in [0.1, 0.15) is 17.3 Å². The van der Waals surface area contributed by atoms with Crippen molar-refractivity contribution in [2.75, 3.05) is 26.1 Å². The number of hydrogen-bond donors (Lipinski definition) is 2. The Bertz CT molecular complexity index is 865. The van der Waals surface area contributed by atoms with Gasteiger partial charge in [-0.05, 0) is 30.3 Å². The summed E-state index contributed by atoms with van der Waals surface area (Å²) in [5.41, 5.74) is 0.733. The van der Waals surface area contributed by atoms with Crippen molar-refractivity contribution >= 4 is 21.6 Å². The summed E-state index contributed by atoms with van der Waals surface area (Å²) in [7, 11) is -0.866. The molecule has 8 heteroatoms. The van der Waals surface area contributed by atoms with Crippen LogP contribution in [0, 0.1) is 0 Å². The SMILES string of the molecule is CCNS(=O)(=O)c1cc(C(=O)Nc2cccc(OC)c2)ccc1OC. The summed E-state index contributed by atoms with van der Waals surface area (Å²) in [5, 5.41) is 2.71. The van der Waals surface area contributed by atoms with E-state index in [9.17, 15) is 13.2 Å². The van der Waals surface area contributed by atoms with E-state index in [0.29, 0.717) is 11.4 Å². The molecule has 0 fully saturated rings. The summed E-state index contributed by atoms with van der Waals surface area (Å²) < 4.78 is 37.2. The van der Waals surface area contributed by atoms with Crippen LogP contribution < -0.4 is 19.5 Å². The van der Waals surface area contributed by atoms with Gasteiger partial charge in [-0.3, -0.25) is 4.79 Å². The predicted octanol–water partition coefficient (Wildman–Crippen LogP) is 2.25. The second kappa shape index (κ2) is 8.00. The molecule has 1 amide bonds. The van der Waals surface area contributed by atoms with Gasteiger partial charge >= 0.3 is 0 Å². The molecule has 0 aliphatic heterocycles. The smallest absolute Gasteiger partial charge is 0.255 e. The molecule has 0 saturated heterocycles. The highest BCUT2D eigenvalue weighted by molar-refractivity contribution is 7.89. The number of nitrogens with one attached hydrogen (secondary N) is 2. The van der Waals surface area contributed by atoms with Crippen LogP contribution in [0.2, 0.25) is 0 Å². The van der Waals surface area contributed by atoms with Crippen LogP contribution in [0.25, 0.3) is 0 Å². The molecule has 2 rings (SSSR count). The van der Waals surface area contributed by atoms with E-state index in [0.717, 1.165) is 0 Å².